The van der Waals surface area contributed by atoms with Crippen LogP contribution in [0.4, 0.5) is 5.13 Å². The molecular formula is C18H20N4O2S3. The van der Waals surface area contributed by atoms with Crippen molar-refractivity contribution >= 4 is 51.0 Å². The Balaban J connectivity index is 1.34. The van der Waals surface area contributed by atoms with Crippen LogP contribution in [-0.2, 0) is 17.6 Å². The number of aromatic nitrogens is 2. The summed E-state index contributed by atoms with van der Waals surface area (Å²) in [7, 11) is 0. The molecule has 3 aromatic heterocycles. The molecule has 0 spiro atoms. The molecule has 0 saturated heterocycles. The predicted molar refractivity (Wildman–Crippen MR) is 111 cm³/mol. The Morgan fingerprint density at radius 2 is 2.00 bits per heavy atom. The zero-order chi connectivity index (χ0) is 19.1. The number of amides is 2. The number of aryl methyl sites for hydroxylation is 2. The van der Waals surface area contributed by atoms with Gasteiger partial charge in [-0.05, 0) is 37.6 Å². The lowest BCUT2D eigenvalue weighted by Gasteiger charge is -2.03. The summed E-state index contributed by atoms with van der Waals surface area (Å²) in [6.45, 7) is 2.65. The topological polar surface area (TPSA) is 84.0 Å². The number of rotatable bonds is 9. The molecule has 0 saturated carbocycles. The summed E-state index contributed by atoms with van der Waals surface area (Å²) in [5.74, 6) is -0.229. The molecule has 6 nitrogen and oxygen atoms in total. The van der Waals surface area contributed by atoms with Gasteiger partial charge in [0.15, 0.2) is 5.13 Å². The fourth-order valence-corrected chi connectivity index (χ4v) is 4.53. The van der Waals surface area contributed by atoms with Crippen molar-refractivity contribution in [1.82, 2.24) is 15.3 Å². The van der Waals surface area contributed by atoms with Crippen LogP contribution < -0.4 is 10.6 Å². The van der Waals surface area contributed by atoms with Gasteiger partial charge < -0.3 is 5.32 Å². The van der Waals surface area contributed by atoms with Crippen LogP contribution in [-0.4, -0.2) is 28.3 Å². The molecule has 0 aliphatic rings. The number of hydrogen-bond donors (Lipinski definition) is 2. The maximum atomic E-state index is 12.0. The van der Waals surface area contributed by atoms with E-state index in [1.54, 1.807) is 22.8 Å². The monoisotopic (exact) mass is 420 g/mol. The highest BCUT2D eigenvalue weighted by Gasteiger charge is 2.11. The van der Waals surface area contributed by atoms with E-state index in [1.807, 2.05) is 18.4 Å². The minimum Gasteiger partial charge on any atom is -0.356 e. The molecule has 2 N–H and O–H groups in total. The Morgan fingerprint density at radius 1 is 1.11 bits per heavy atom. The van der Waals surface area contributed by atoms with Crippen LogP contribution in [0.3, 0.4) is 0 Å². The lowest BCUT2D eigenvalue weighted by atomic mass is 10.2. The van der Waals surface area contributed by atoms with Crippen LogP contribution >= 0.6 is 34.0 Å². The van der Waals surface area contributed by atoms with Crippen molar-refractivity contribution in [3.05, 3.63) is 49.5 Å². The Bertz CT molecular complexity index is 886. The highest BCUT2D eigenvalue weighted by molar-refractivity contribution is 7.14. The number of anilines is 1. The Kier molecular flexibility index (Phi) is 7.08. The number of carbonyl (C=O) groups excluding carboxylic acids is 2. The molecule has 142 valence electrons. The second-order valence-corrected chi connectivity index (χ2v) is 8.69. The van der Waals surface area contributed by atoms with E-state index in [0.29, 0.717) is 22.2 Å². The quantitative estimate of drug-likeness (QED) is 0.514. The first kappa shape index (κ1) is 19.7. The zero-order valence-electron chi connectivity index (χ0n) is 14.9. The average molecular weight is 421 g/mol. The fourth-order valence-electron chi connectivity index (χ4n) is 2.39. The van der Waals surface area contributed by atoms with E-state index in [4.69, 9.17) is 0 Å². The molecule has 0 atom stereocenters. The number of unbranched alkanes of at least 4 members (excludes halogenated alkanes) is 1. The molecule has 3 heterocycles. The first-order valence-electron chi connectivity index (χ1n) is 8.57. The smallest absolute Gasteiger partial charge is 0.267 e. The van der Waals surface area contributed by atoms with Gasteiger partial charge in [0.2, 0.25) is 5.91 Å². The molecular weight excluding hydrogens is 400 g/mol. The first-order chi connectivity index (χ1) is 13.1. The van der Waals surface area contributed by atoms with Gasteiger partial charge in [-0.2, -0.15) is 0 Å². The van der Waals surface area contributed by atoms with Crippen LogP contribution in [0, 0.1) is 6.92 Å². The van der Waals surface area contributed by atoms with Crippen LogP contribution in [0.15, 0.2) is 28.3 Å². The molecule has 0 radical (unpaired) electrons. The van der Waals surface area contributed by atoms with Gasteiger partial charge in [-0.25, -0.2) is 9.97 Å². The van der Waals surface area contributed by atoms with Crippen molar-refractivity contribution in [2.45, 2.75) is 32.6 Å². The largest absolute Gasteiger partial charge is 0.356 e. The van der Waals surface area contributed by atoms with Gasteiger partial charge in [-0.3, -0.25) is 14.9 Å². The van der Waals surface area contributed by atoms with Crippen molar-refractivity contribution in [1.29, 1.82) is 0 Å². The van der Waals surface area contributed by atoms with Crippen molar-refractivity contribution < 1.29 is 9.59 Å². The maximum absolute atomic E-state index is 12.0. The van der Waals surface area contributed by atoms with Crippen LogP contribution in [0.1, 0.15) is 38.9 Å². The second-order valence-electron chi connectivity index (χ2n) is 5.94. The Labute approximate surface area is 169 Å². The summed E-state index contributed by atoms with van der Waals surface area (Å²) < 4.78 is 0. The van der Waals surface area contributed by atoms with E-state index in [2.05, 4.69) is 26.0 Å². The molecule has 0 unspecified atom stereocenters. The Hall–Kier alpha value is -2.10. The zero-order valence-corrected chi connectivity index (χ0v) is 17.3. The molecule has 9 heteroatoms. The van der Waals surface area contributed by atoms with E-state index in [9.17, 15) is 9.59 Å². The molecule has 27 heavy (non-hydrogen) atoms. The van der Waals surface area contributed by atoms with Gasteiger partial charge in [-0.1, -0.05) is 6.07 Å². The van der Waals surface area contributed by atoms with Crippen molar-refractivity contribution in [3.63, 3.8) is 0 Å². The van der Waals surface area contributed by atoms with Gasteiger partial charge >= 0.3 is 0 Å². The average Bonchev–Trinajstić information content (AvgIpc) is 3.37. The lowest BCUT2D eigenvalue weighted by molar-refractivity contribution is -0.120. The summed E-state index contributed by atoms with van der Waals surface area (Å²) in [6.07, 6.45) is 3.09. The fraction of sp³-hybridized carbons (Fsp3) is 0.333. The SMILES string of the molecule is Cc1csc(CCCCNC(=O)Cc2csc(NC(=O)c3cccs3)n2)n1. The lowest BCUT2D eigenvalue weighted by Crippen LogP contribution is -2.26. The minimum absolute atomic E-state index is 0.0541. The molecule has 0 aliphatic heterocycles. The summed E-state index contributed by atoms with van der Waals surface area (Å²) in [4.78, 5) is 33.4. The number of thiophene rings is 1. The van der Waals surface area contributed by atoms with Gasteiger partial charge in [0.05, 0.1) is 22.0 Å². The molecule has 0 aliphatic carbocycles. The standard InChI is InChI=1S/C18H20N4O2S3/c1-12-10-26-16(20-12)6-2-3-7-19-15(23)9-13-11-27-18(21-13)22-17(24)14-5-4-8-25-14/h4-5,8,10-11H,2-3,6-7,9H2,1H3,(H,19,23)(H,21,22,24). The van der Waals surface area contributed by atoms with Crippen molar-refractivity contribution in [2.75, 3.05) is 11.9 Å². The summed E-state index contributed by atoms with van der Waals surface area (Å²) in [6, 6.07) is 3.59. The first-order valence-corrected chi connectivity index (χ1v) is 11.2. The Morgan fingerprint density at radius 3 is 2.74 bits per heavy atom. The number of carbonyl (C=O) groups is 2. The minimum atomic E-state index is -0.175. The highest BCUT2D eigenvalue weighted by Crippen LogP contribution is 2.18. The van der Waals surface area contributed by atoms with Gasteiger partial charge in [0.1, 0.15) is 0 Å². The normalized spacial score (nSPS) is 10.7. The van der Waals surface area contributed by atoms with Crippen LogP contribution in [0.5, 0.6) is 0 Å². The maximum Gasteiger partial charge on any atom is 0.267 e. The molecule has 3 aromatic rings. The van der Waals surface area contributed by atoms with Gasteiger partial charge in [0, 0.05) is 23.0 Å². The highest BCUT2D eigenvalue weighted by atomic mass is 32.1. The molecule has 3 rings (SSSR count). The van der Waals surface area contributed by atoms with Gasteiger partial charge in [-0.15, -0.1) is 34.0 Å². The third-order valence-electron chi connectivity index (χ3n) is 3.67. The van der Waals surface area contributed by atoms with E-state index in [0.717, 1.165) is 30.0 Å². The molecule has 0 fully saturated rings. The summed E-state index contributed by atoms with van der Waals surface area (Å²) in [5.41, 5.74) is 1.73. The summed E-state index contributed by atoms with van der Waals surface area (Å²) in [5, 5.41) is 13.0. The van der Waals surface area contributed by atoms with E-state index in [1.165, 1.54) is 22.7 Å². The van der Waals surface area contributed by atoms with Crippen LogP contribution in [0.25, 0.3) is 0 Å². The predicted octanol–water partition coefficient (Wildman–Crippen LogP) is 3.90. The van der Waals surface area contributed by atoms with E-state index < -0.39 is 0 Å². The van der Waals surface area contributed by atoms with Crippen LogP contribution in [0.2, 0.25) is 0 Å². The molecule has 0 aromatic carbocycles. The molecule has 2 amide bonds. The third-order valence-corrected chi connectivity index (χ3v) is 6.37. The van der Waals surface area contributed by atoms with Gasteiger partial charge in [0.25, 0.3) is 5.91 Å². The third kappa shape index (κ3) is 6.23. The molecule has 0 bridgehead atoms. The number of hydrogen-bond acceptors (Lipinski definition) is 7. The summed E-state index contributed by atoms with van der Waals surface area (Å²) >= 11 is 4.39. The van der Waals surface area contributed by atoms with Crippen molar-refractivity contribution in [3.8, 4) is 0 Å². The number of nitrogens with zero attached hydrogens (tertiary/aromatic N) is 2. The van der Waals surface area contributed by atoms with E-state index in [-0.39, 0.29) is 18.2 Å². The number of nitrogens with one attached hydrogen (secondary N) is 2. The second kappa shape index (κ2) is 9.72. The van der Waals surface area contributed by atoms with E-state index >= 15 is 0 Å². The number of thiazole rings is 2. The van der Waals surface area contributed by atoms with Crippen molar-refractivity contribution in [2.24, 2.45) is 0 Å².